The molecule has 2 aromatic carbocycles. The molecule has 1 saturated heterocycles. The van der Waals surface area contributed by atoms with E-state index in [4.69, 9.17) is 9.47 Å². The minimum atomic E-state index is -1.15. The molecule has 5 atom stereocenters. The number of aliphatic hydroxyl groups is 2. The molecule has 25 heavy (non-hydrogen) atoms. The average molecular weight is 360 g/mol. The Balaban J connectivity index is 1.74. The Kier molecular flexibility index (Phi) is 5.75. The summed E-state index contributed by atoms with van der Waals surface area (Å²) in [5.41, 5.74) is -0.275. The maximum atomic E-state index is 12.3. The van der Waals surface area contributed by atoms with Crippen LogP contribution in [-0.2, 0) is 9.47 Å². The molecule has 1 aliphatic rings. The summed E-state index contributed by atoms with van der Waals surface area (Å²) < 4.78 is 11.1. The lowest BCUT2D eigenvalue weighted by atomic mass is 10.0. The van der Waals surface area contributed by atoms with E-state index in [1.54, 1.807) is 37.3 Å². The molecule has 5 nitrogen and oxygen atoms in total. The van der Waals surface area contributed by atoms with Gasteiger partial charge >= 0.3 is 5.97 Å². The van der Waals surface area contributed by atoms with Crippen molar-refractivity contribution in [3.8, 4) is 0 Å². The van der Waals surface area contributed by atoms with Crippen molar-refractivity contribution < 1.29 is 24.5 Å². The van der Waals surface area contributed by atoms with Crippen molar-refractivity contribution >= 4 is 17.7 Å². The molecule has 132 valence electrons. The molecule has 2 N–H and O–H groups in total. The standard InChI is InChI=1S/C19H20O5S/c1-12-15(20)17(24-18(22)13-8-4-2-5-9-13)16(21)19(23-12)25-14-10-6-3-7-11-14/h2-12,15-17,19-21H,1H3/t12-,15-,16+,17+,19+/m1/s1. The Morgan fingerprint density at radius 2 is 1.60 bits per heavy atom. The molecule has 1 fully saturated rings. The zero-order valence-electron chi connectivity index (χ0n) is 13.7. The summed E-state index contributed by atoms with van der Waals surface area (Å²) in [4.78, 5) is 13.2. The number of hydrogen-bond donors (Lipinski definition) is 2. The number of carbonyl (C=O) groups excluding carboxylic acids is 1. The van der Waals surface area contributed by atoms with Crippen molar-refractivity contribution in [3.05, 3.63) is 66.2 Å². The quantitative estimate of drug-likeness (QED) is 0.816. The number of hydrogen-bond acceptors (Lipinski definition) is 6. The van der Waals surface area contributed by atoms with Crippen LogP contribution in [0.3, 0.4) is 0 Å². The van der Waals surface area contributed by atoms with Crippen LogP contribution in [0.4, 0.5) is 0 Å². The summed E-state index contributed by atoms with van der Waals surface area (Å²) in [5.74, 6) is -0.582. The maximum Gasteiger partial charge on any atom is 0.338 e. The van der Waals surface area contributed by atoms with Crippen LogP contribution in [0.15, 0.2) is 65.6 Å². The highest BCUT2D eigenvalue weighted by Crippen LogP contribution is 2.34. The third kappa shape index (κ3) is 4.22. The Morgan fingerprint density at radius 3 is 2.24 bits per heavy atom. The number of ether oxygens (including phenoxy) is 2. The third-order valence-electron chi connectivity index (χ3n) is 4.03. The van der Waals surface area contributed by atoms with Gasteiger partial charge in [0.25, 0.3) is 0 Å². The minimum absolute atomic E-state index is 0.369. The fourth-order valence-corrected chi connectivity index (χ4v) is 3.74. The first-order valence-electron chi connectivity index (χ1n) is 8.05. The van der Waals surface area contributed by atoms with Crippen molar-refractivity contribution in [1.82, 2.24) is 0 Å². The van der Waals surface area contributed by atoms with Crippen molar-refractivity contribution in [3.63, 3.8) is 0 Å². The van der Waals surface area contributed by atoms with Crippen molar-refractivity contribution in [1.29, 1.82) is 0 Å². The van der Waals surface area contributed by atoms with Gasteiger partial charge in [-0.05, 0) is 31.2 Å². The second-order valence-electron chi connectivity index (χ2n) is 5.86. The highest BCUT2D eigenvalue weighted by Gasteiger charge is 2.45. The molecule has 6 heteroatoms. The van der Waals surface area contributed by atoms with Crippen LogP contribution >= 0.6 is 11.8 Å². The molecule has 0 amide bonds. The highest BCUT2D eigenvalue weighted by atomic mass is 32.2. The number of esters is 1. The Hall–Kier alpha value is -1.86. The van der Waals surface area contributed by atoms with Gasteiger partial charge in [0, 0.05) is 4.90 Å². The van der Waals surface area contributed by atoms with E-state index in [0.717, 1.165) is 4.90 Å². The van der Waals surface area contributed by atoms with Gasteiger partial charge in [-0.1, -0.05) is 48.2 Å². The molecule has 0 unspecified atom stereocenters. The number of aliphatic hydroxyl groups excluding tert-OH is 2. The van der Waals surface area contributed by atoms with E-state index in [-0.39, 0.29) is 0 Å². The van der Waals surface area contributed by atoms with Crippen LogP contribution in [0.2, 0.25) is 0 Å². The monoisotopic (exact) mass is 360 g/mol. The molecule has 0 aliphatic carbocycles. The first-order valence-corrected chi connectivity index (χ1v) is 8.93. The lowest BCUT2D eigenvalue weighted by Crippen LogP contribution is -2.57. The average Bonchev–Trinajstić information content (AvgIpc) is 2.64. The fourth-order valence-electron chi connectivity index (χ4n) is 2.63. The van der Waals surface area contributed by atoms with E-state index >= 15 is 0 Å². The molecule has 1 aliphatic heterocycles. The summed E-state index contributed by atoms with van der Waals surface area (Å²) >= 11 is 1.33. The van der Waals surface area contributed by atoms with Gasteiger partial charge in [-0.3, -0.25) is 0 Å². The van der Waals surface area contributed by atoms with Gasteiger partial charge < -0.3 is 19.7 Å². The van der Waals surface area contributed by atoms with Crippen LogP contribution in [0.25, 0.3) is 0 Å². The van der Waals surface area contributed by atoms with Crippen LogP contribution in [0, 0.1) is 0 Å². The summed E-state index contributed by atoms with van der Waals surface area (Å²) in [6.45, 7) is 1.69. The van der Waals surface area contributed by atoms with Gasteiger partial charge in [0.2, 0.25) is 0 Å². The molecule has 0 aromatic heterocycles. The Bertz CT molecular complexity index is 693. The summed E-state index contributed by atoms with van der Waals surface area (Å²) in [6.07, 6.45) is -3.88. The zero-order valence-corrected chi connectivity index (χ0v) is 14.5. The molecule has 0 spiro atoms. The van der Waals surface area contributed by atoms with Gasteiger partial charge in [-0.2, -0.15) is 0 Å². The molecule has 1 heterocycles. The number of thioether (sulfide) groups is 1. The van der Waals surface area contributed by atoms with Crippen molar-refractivity contribution in [2.75, 3.05) is 0 Å². The molecule has 3 rings (SSSR count). The third-order valence-corrected chi connectivity index (χ3v) is 5.20. The number of rotatable bonds is 4. The molecular weight excluding hydrogens is 340 g/mol. The second kappa shape index (κ2) is 8.01. The predicted molar refractivity (Wildman–Crippen MR) is 94.3 cm³/mol. The zero-order chi connectivity index (χ0) is 17.8. The van der Waals surface area contributed by atoms with E-state index in [9.17, 15) is 15.0 Å². The predicted octanol–water partition coefficient (Wildman–Crippen LogP) is 2.47. The van der Waals surface area contributed by atoms with E-state index in [0.29, 0.717) is 5.56 Å². The largest absolute Gasteiger partial charge is 0.453 e. The molecule has 2 aromatic rings. The van der Waals surface area contributed by atoms with Crippen LogP contribution in [0.5, 0.6) is 0 Å². The fraction of sp³-hybridized carbons (Fsp3) is 0.316. The summed E-state index contributed by atoms with van der Waals surface area (Å²) in [6, 6.07) is 18.0. The topological polar surface area (TPSA) is 76.0 Å². The summed E-state index contributed by atoms with van der Waals surface area (Å²) in [7, 11) is 0. The lowest BCUT2D eigenvalue weighted by molar-refractivity contribution is -0.193. The van der Waals surface area contributed by atoms with Crippen LogP contribution in [-0.4, -0.2) is 46.0 Å². The van der Waals surface area contributed by atoms with Crippen LogP contribution < -0.4 is 0 Å². The van der Waals surface area contributed by atoms with E-state index in [2.05, 4.69) is 0 Å². The normalized spacial score (nSPS) is 29.2. The first kappa shape index (κ1) is 17.9. The van der Waals surface area contributed by atoms with E-state index in [1.165, 1.54) is 11.8 Å². The molecule has 0 bridgehead atoms. The van der Waals surface area contributed by atoms with Crippen molar-refractivity contribution in [2.24, 2.45) is 0 Å². The maximum absolute atomic E-state index is 12.3. The van der Waals surface area contributed by atoms with E-state index < -0.39 is 35.8 Å². The molecule has 0 saturated carbocycles. The minimum Gasteiger partial charge on any atom is -0.453 e. The Labute approximate surface area is 150 Å². The lowest BCUT2D eigenvalue weighted by Gasteiger charge is -2.40. The van der Waals surface area contributed by atoms with Gasteiger partial charge in [-0.15, -0.1) is 0 Å². The van der Waals surface area contributed by atoms with E-state index in [1.807, 2.05) is 30.3 Å². The SMILES string of the molecule is C[C@H]1O[C@@H](Sc2ccccc2)[C@@H](O)[C@@H](OC(=O)c2ccccc2)[C@@H]1O. The molecule has 0 radical (unpaired) electrons. The number of carbonyl (C=O) groups is 1. The summed E-state index contributed by atoms with van der Waals surface area (Å²) in [5, 5.41) is 20.9. The highest BCUT2D eigenvalue weighted by molar-refractivity contribution is 7.99. The van der Waals surface area contributed by atoms with Gasteiger partial charge in [0.15, 0.2) is 6.10 Å². The van der Waals surface area contributed by atoms with Gasteiger partial charge in [-0.25, -0.2) is 4.79 Å². The van der Waals surface area contributed by atoms with Gasteiger partial charge in [0.05, 0.1) is 11.7 Å². The smallest absolute Gasteiger partial charge is 0.338 e. The molecular formula is C19H20O5S. The van der Waals surface area contributed by atoms with Gasteiger partial charge in [0.1, 0.15) is 17.6 Å². The van der Waals surface area contributed by atoms with Crippen molar-refractivity contribution in [2.45, 2.75) is 41.7 Å². The Morgan fingerprint density at radius 1 is 1.00 bits per heavy atom. The van der Waals surface area contributed by atoms with Crippen LogP contribution in [0.1, 0.15) is 17.3 Å². The number of benzene rings is 2. The first-order chi connectivity index (χ1) is 12.1. The second-order valence-corrected chi connectivity index (χ2v) is 7.03.